The van der Waals surface area contributed by atoms with Gasteiger partial charge in [-0.15, -0.1) is 13.2 Å². The van der Waals surface area contributed by atoms with Crippen LogP contribution in [0, 0.1) is 11.3 Å². The van der Waals surface area contributed by atoms with Crippen LogP contribution in [0.5, 0.6) is 5.75 Å². The number of imidazole rings is 1. The molecular formula is C26H27F3N8O3. The molecule has 40 heavy (non-hydrogen) atoms. The summed E-state index contributed by atoms with van der Waals surface area (Å²) in [6, 6.07) is 9.54. The molecule has 3 heterocycles. The third-order valence-electron chi connectivity index (χ3n) is 6.08. The summed E-state index contributed by atoms with van der Waals surface area (Å²) in [5.74, 6) is 0.412. The topological polar surface area (TPSA) is 128 Å². The molecule has 0 atom stereocenters. The molecule has 1 saturated heterocycles. The summed E-state index contributed by atoms with van der Waals surface area (Å²) in [7, 11) is 0. The molecule has 11 nitrogen and oxygen atoms in total. The van der Waals surface area contributed by atoms with Gasteiger partial charge in [-0.2, -0.15) is 5.26 Å². The molecule has 3 amide bonds. The van der Waals surface area contributed by atoms with Crippen molar-refractivity contribution in [2.45, 2.75) is 32.7 Å². The van der Waals surface area contributed by atoms with E-state index in [2.05, 4.69) is 25.3 Å². The molecule has 1 fully saturated rings. The Labute approximate surface area is 228 Å². The molecule has 0 radical (unpaired) electrons. The van der Waals surface area contributed by atoms with E-state index in [1.54, 1.807) is 27.8 Å². The van der Waals surface area contributed by atoms with Crippen molar-refractivity contribution in [2.75, 3.05) is 41.7 Å². The maximum Gasteiger partial charge on any atom is 0.573 e. The van der Waals surface area contributed by atoms with Gasteiger partial charge in [-0.25, -0.2) is 14.8 Å². The fourth-order valence-electron chi connectivity index (χ4n) is 4.08. The van der Waals surface area contributed by atoms with Crippen LogP contribution in [0.3, 0.4) is 0 Å². The summed E-state index contributed by atoms with van der Waals surface area (Å²) in [4.78, 5) is 38.3. The van der Waals surface area contributed by atoms with Crippen LogP contribution in [0.4, 0.5) is 35.3 Å². The molecule has 0 aliphatic carbocycles. The first-order valence-electron chi connectivity index (χ1n) is 12.6. The quantitative estimate of drug-likeness (QED) is 0.419. The van der Waals surface area contributed by atoms with Crippen molar-refractivity contribution in [3.05, 3.63) is 60.2 Å². The molecule has 0 bridgehead atoms. The summed E-state index contributed by atoms with van der Waals surface area (Å²) < 4.78 is 42.6. The zero-order valence-corrected chi connectivity index (χ0v) is 21.6. The first kappa shape index (κ1) is 28.2. The molecule has 4 rings (SSSR count). The van der Waals surface area contributed by atoms with Crippen LogP contribution in [0.15, 0.2) is 48.8 Å². The van der Waals surface area contributed by atoms with Gasteiger partial charge in [-0.05, 0) is 42.8 Å². The molecule has 1 aromatic carbocycles. The third-order valence-corrected chi connectivity index (χ3v) is 6.08. The number of aryl methyl sites for hydroxylation is 1. The number of rotatable bonds is 8. The van der Waals surface area contributed by atoms with Crippen LogP contribution >= 0.6 is 0 Å². The number of halogens is 3. The number of aromatic nitrogens is 3. The number of alkyl halides is 3. The standard InChI is InChI=1S/C26H27F3N8O3/c1-2-3-10-37-17-21(34-25(39)32-19-5-7-20(8-6-19)40-26(27,28)29)33-23(37)24(38)36-13-11-35(12-14-36)22-9-4-18(15-30)16-31-22/h4-9,16-17H,2-3,10-14H2,1H3,(H2,32,34,39). The average molecular weight is 557 g/mol. The molecular weight excluding hydrogens is 529 g/mol. The number of pyridine rings is 1. The Morgan fingerprint density at radius 3 is 2.40 bits per heavy atom. The highest BCUT2D eigenvalue weighted by Crippen LogP contribution is 2.24. The minimum absolute atomic E-state index is 0.161. The fraction of sp³-hybridized carbons (Fsp3) is 0.346. The van der Waals surface area contributed by atoms with Crippen molar-refractivity contribution >= 4 is 29.3 Å². The zero-order chi connectivity index (χ0) is 28.7. The van der Waals surface area contributed by atoms with E-state index in [0.29, 0.717) is 38.3 Å². The number of amides is 3. The molecule has 2 aromatic heterocycles. The lowest BCUT2D eigenvalue weighted by atomic mass is 10.2. The van der Waals surface area contributed by atoms with E-state index in [1.165, 1.54) is 18.3 Å². The molecule has 2 N–H and O–H groups in total. The summed E-state index contributed by atoms with van der Waals surface area (Å²) in [5, 5.41) is 14.0. The SMILES string of the molecule is CCCCn1cc(NC(=O)Nc2ccc(OC(F)(F)F)cc2)nc1C(=O)N1CCN(c2ccc(C#N)cn2)CC1. The van der Waals surface area contributed by atoms with Crippen molar-refractivity contribution in [3.8, 4) is 11.8 Å². The number of carbonyl (C=O) groups is 2. The summed E-state index contributed by atoms with van der Waals surface area (Å²) in [6.07, 6.45) is -0.0287. The van der Waals surface area contributed by atoms with Crippen LogP contribution in [0.2, 0.25) is 0 Å². The van der Waals surface area contributed by atoms with Crippen molar-refractivity contribution in [1.29, 1.82) is 5.26 Å². The third kappa shape index (κ3) is 7.40. The highest BCUT2D eigenvalue weighted by molar-refractivity contribution is 6.00. The van der Waals surface area contributed by atoms with Crippen molar-refractivity contribution in [2.24, 2.45) is 0 Å². The second-order valence-corrected chi connectivity index (χ2v) is 8.94. The maximum atomic E-state index is 13.4. The highest BCUT2D eigenvalue weighted by atomic mass is 19.4. The van der Waals surface area contributed by atoms with Gasteiger partial charge in [0.15, 0.2) is 5.82 Å². The second kappa shape index (κ2) is 12.4. The van der Waals surface area contributed by atoms with Crippen molar-refractivity contribution < 1.29 is 27.5 Å². The Kier molecular flexibility index (Phi) is 8.73. The Morgan fingerprint density at radius 2 is 1.80 bits per heavy atom. The number of nitrogens with zero attached hydrogens (tertiary/aromatic N) is 6. The summed E-state index contributed by atoms with van der Waals surface area (Å²) in [5.41, 5.74) is 0.714. The monoisotopic (exact) mass is 556 g/mol. The molecule has 210 valence electrons. The van der Waals surface area contributed by atoms with Gasteiger partial charge in [-0.3, -0.25) is 10.1 Å². The van der Waals surface area contributed by atoms with Gasteiger partial charge in [0, 0.05) is 50.8 Å². The lowest BCUT2D eigenvalue weighted by Gasteiger charge is -2.35. The minimum atomic E-state index is -4.81. The molecule has 0 saturated carbocycles. The Bertz CT molecular complexity index is 1360. The molecule has 0 spiro atoms. The Morgan fingerprint density at radius 1 is 1.07 bits per heavy atom. The van der Waals surface area contributed by atoms with E-state index in [0.717, 1.165) is 30.8 Å². The summed E-state index contributed by atoms with van der Waals surface area (Å²) in [6.45, 7) is 4.55. The van der Waals surface area contributed by atoms with Gasteiger partial charge < -0.3 is 24.4 Å². The predicted octanol–water partition coefficient (Wildman–Crippen LogP) is 4.45. The van der Waals surface area contributed by atoms with Gasteiger partial charge in [0.25, 0.3) is 5.91 Å². The molecule has 0 unspecified atom stereocenters. The van der Waals surface area contributed by atoms with E-state index < -0.39 is 18.1 Å². The van der Waals surface area contributed by atoms with Gasteiger partial charge >= 0.3 is 12.4 Å². The highest BCUT2D eigenvalue weighted by Gasteiger charge is 2.31. The number of hydrogen-bond donors (Lipinski definition) is 2. The number of unbranched alkanes of at least 4 members (excludes halogenated alkanes) is 1. The van der Waals surface area contributed by atoms with Crippen LogP contribution in [-0.4, -0.2) is 63.9 Å². The zero-order valence-electron chi connectivity index (χ0n) is 21.6. The van der Waals surface area contributed by atoms with Crippen LogP contribution in [-0.2, 0) is 6.54 Å². The van der Waals surface area contributed by atoms with Gasteiger partial charge in [0.2, 0.25) is 5.82 Å². The minimum Gasteiger partial charge on any atom is -0.406 e. The van der Waals surface area contributed by atoms with Gasteiger partial charge in [0.1, 0.15) is 17.6 Å². The van der Waals surface area contributed by atoms with Crippen LogP contribution in [0.1, 0.15) is 35.9 Å². The van der Waals surface area contributed by atoms with Crippen molar-refractivity contribution in [3.63, 3.8) is 0 Å². The molecule has 3 aromatic rings. The smallest absolute Gasteiger partial charge is 0.406 e. The average Bonchev–Trinajstić information content (AvgIpc) is 3.34. The van der Waals surface area contributed by atoms with Crippen LogP contribution < -0.4 is 20.3 Å². The lowest BCUT2D eigenvalue weighted by Crippen LogP contribution is -2.49. The lowest BCUT2D eigenvalue weighted by molar-refractivity contribution is -0.274. The van der Waals surface area contributed by atoms with Crippen molar-refractivity contribution in [1.82, 2.24) is 19.4 Å². The number of hydrogen-bond acceptors (Lipinski definition) is 7. The number of anilines is 3. The van der Waals surface area contributed by atoms with E-state index in [4.69, 9.17) is 5.26 Å². The fourth-order valence-corrected chi connectivity index (χ4v) is 4.08. The van der Waals surface area contributed by atoms with E-state index in [1.807, 2.05) is 17.9 Å². The predicted molar refractivity (Wildman–Crippen MR) is 140 cm³/mol. The molecule has 1 aliphatic heterocycles. The number of piperazine rings is 1. The largest absolute Gasteiger partial charge is 0.573 e. The van der Waals surface area contributed by atoms with Gasteiger partial charge in [0.05, 0.1) is 5.56 Å². The molecule has 1 aliphatic rings. The Balaban J connectivity index is 1.38. The first-order valence-corrected chi connectivity index (χ1v) is 12.6. The second-order valence-electron chi connectivity index (χ2n) is 8.94. The number of ether oxygens (including phenoxy) is 1. The Hall–Kier alpha value is -4.80. The number of nitrogens with one attached hydrogen (secondary N) is 2. The van der Waals surface area contributed by atoms with E-state index >= 15 is 0 Å². The number of urea groups is 1. The summed E-state index contributed by atoms with van der Waals surface area (Å²) >= 11 is 0. The molecule has 14 heteroatoms. The maximum absolute atomic E-state index is 13.4. The normalized spacial score (nSPS) is 13.5. The van der Waals surface area contributed by atoms with Crippen LogP contribution in [0.25, 0.3) is 0 Å². The van der Waals surface area contributed by atoms with E-state index in [-0.39, 0.29) is 23.2 Å². The first-order chi connectivity index (χ1) is 19.1. The number of carbonyl (C=O) groups excluding carboxylic acids is 2. The van der Waals surface area contributed by atoms with Gasteiger partial charge in [-0.1, -0.05) is 13.3 Å². The number of nitriles is 1. The van der Waals surface area contributed by atoms with E-state index in [9.17, 15) is 22.8 Å². The number of benzene rings is 1.